The van der Waals surface area contributed by atoms with Gasteiger partial charge in [0.05, 0.1) is 5.69 Å². The molecule has 120 valence electrons. The Bertz CT molecular complexity index is 738. The minimum absolute atomic E-state index is 0.00641. The lowest BCUT2D eigenvalue weighted by molar-refractivity contribution is 0.100. The number of rotatable bonds is 4. The van der Waals surface area contributed by atoms with Crippen LogP contribution in [-0.2, 0) is 6.54 Å². The zero-order valence-electron chi connectivity index (χ0n) is 11.8. The minimum Gasteiger partial charge on any atom is -0.366 e. The molecule has 8 heteroatoms. The van der Waals surface area contributed by atoms with Crippen molar-refractivity contribution in [1.82, 2.24) is 5.32 Å². The van der Waals surface area contributed by atoms with Crippen LogP contribution >= 0.6 is 12.8 Å². The fourth-order valence-corrected chi connectivity index (χ4v) is 1.99. The maximum atomic E-state index is 13.1. The zero-order chi connectivity index (χ0) is 17.0. The summed E-state index contributed by atoms with van der Waals surface area (Å²) in [6.45, 7) is 0.00641. The number of carbonyl (C=O) groups excluding carboxylic acids is 2. The van der Waals surface area contributed by atoms with Gasteiger partial charge in [-0.25, -0.2) is 17.9 Å². The number of nitrogens with zero attached hydrogens (tertiary/aromatic N) is 1. The van der Waals surface area contributed by atoms with Gasteiger partial charge in [0, 0.05) is 12.1 Å². The monoisotopic (exact) mass is 337 g/mol. The molecule has 0 aromatic heterocycles. The number of nitrogens with one attached hydrogen (secondary N) is 1. The molecule has 0 radical (unpaired) electrons. The van der Waals surface area contributed by atoms with Crippen LogP contribution in [0.5, 0.6) is 0 Å². The molecule has 0 bridgehead atoms. The number of carbonyl (C=O) groups is 2. The van der Waals surface area contributed by atoms with Crippen LogP contribution in [0.3, 0.4) is 0 Å². The first-order chi connectivity index (χ1) is 10.9. The number of benzene rings is 2. The third kappa shape index (κ3) is 4.19. The molecule has 0 aliphatic rings. The molecule has 0 fully saturated rings. The molecule has 2 aromatic rings. The van der Waals surface area contributed by atoms with E-state index in [1.165, 1.54) is 30.3 Å². The van der Waals surface area contributed by atoms with E-state index in [9.17, 15) is 18.4 Å². The van der Waals surface area contributed by atoms with E-state index in [1.54, 1.807) is 0 Å². The van der Waals surface area contributed by atoms with Gasteiger partial charge in [-0.15, -0.1) is 0 Å². The van der Waals surface area contributed by atoms with E-state index < -0.39 is 23.6 Å². The van der Waals surface area contributed by atoms with Crippen LogP contribution in [0.1, 0.15) is 15.9 Å². The van der Waals surface area contributed by atoms with Crippen molar-refractivity contribution >= 4 is 30.4 Å². The Morgan fingerprint density at radius 2 is 1.74 bits per heavy atom. The van der Waals surface area contributed by atoms with Gasteiger partial charge in [0.2, 0.25) is 5.91 Å². The lowest BCUT2D eigenvalue weighted by Gasteiger charge is -2.16. The predicted octanol–water partition coefficient (Wildman–Crippen LogP) is 2.62. The third-order valence-corrected chi connectivity index (χ3v) is 3.43. The lowest BCUT2D eigenvalue weighted by atomic mass is 10.2. The van der Waals surface area contributed by atoms with Crippen LogP contribution in [0.4, 0.5) is 19.3 Å². The van der Waals surface area contributed by atoms with Crippen molar-refractivity contribution in [1.29, 1.82) is 0 Å². The lowest BCUT2D eigenvalue weighted by Crippen LogP contribution is -2.33. The molecule has 0 aliphatic heterocycles. The minimum atomic E-state index is -0.985. The normalized spacial score (nSPS) is 10.2. The van der Waals surface area contributed by atoms with E-state index >= 15 is 0 Å². The molecule has 0 atom stereocenters. The van der Waals surface area contributed by atoms with Gasteiger partial charge in [-0.2, -0.15) is 0 Å². The summed E-state index contributed by atoms with van der Waals surface area (Å²) >= 11 is 4.05. The second-order valence-electron chi connectivity index (χ2n) is 4.63. The highest BCUT2D eigenvalue weighted by atomic mass is 32.1. The van der Waals surface area contributed by atoms with Gasteiger partial charge in [-0.3, -0.25) is 4.79 Å². The largest absolute Gasteiger partial charge is 0.366 e. The second-order valence-corrected chi connectivity index (χ2v) is 5.03. The maximum Gasteiger partial charge on any atom is 0.332 e. The Balaban J connectivity index is 1.99. The number of anilines is 1. The van der Waals surface area contributed by atoms with E-state index in [1.807, 2.05) is 0 Å². The van der Waals surface area contributed by atoms with Gasteiger partial charge >= 0.3 is 6.03 Å². The van der Waals surface area contributed by atoms with E-state index in [0.29, 0.717) is 16.8 Å². The number of hydrogen-bond donors (Lipinski definition) is 3. The fourth-order valence-electron chi connectivity index (χ4n) is 1.79. The summed E-state index contributed by atoms with van der Waals surface area (Å²) in [5, 5.41) is 2.51. The summed E-state index contributed by atoms with van der Waals surface area (Å²) in [5.74, 6) is -2.52. The molecule has 0 saturated heterocycles. The first-order valence-corrected chi connectivity index (χ1v) is 6.89. The van der Waals surface area contributed by atoms with E-state index in [0.717, 1.165) is 16.4 Å². The van der Waals surface area contributed by atoms with Gasteiger partial charge in [-0.1, -0.05) is 18.9 Å². The van der Waals surface area contributed by atoms with E-state index in [4.69, 9.17) is 5.73 Å². The van der Waals surface area contributed by atoms with Crippen LogP contribution in [0.25, 0.3) is 0 Å². The molecule has 5 nitrogen and oxygen atoms in total. The quantitative estimate of drug-likeness (QED) is 0.750. The van der Waals surface area contributed by atoms with Crippen LogP contribution < -0.4 is 15.4 Å². The molecule has 23 heavy (non-hydrogen) atoms. The topological polar surface area (TPSA) is 75.4 Å². The first-order valence-electron chi connectivity index (χ1n) is 6.49. The Hall–Kier alpha value is -2.61. The van der Waals surface area contributed by atoms with Crippen molar-refractivity contribution in [2.24, 2.45) is 5.73 Å². The van der Waals surface area contributed by atoms with E-state index in [-0.39, 0.29) is 6.54 Å². The molecule has 2 aromatic carbocycles. The molecule has 0 aliphatic carbocycles. The number of halogens is 2. The molecular weight excluding hydrogens is 324 g/mol. The summed E-state index contributed by atoms with van der Waals surface area (Å²) in [6, 6.07) is 8.72. The smallest absolute Gasteiger partial charge is 0.332 e. The highest BCUT2D eigenvalue weighted by Gasteiger charge is 2.12. The Labute approximate surface area is 136 Å². The van der Waals surface area contributed by atoms with Gasteiger partial charge < -0.3 is 11.1 Å². The second kappa shape index (κ2) is 7.10. The third-order valence-electron chi connectivity index (χ3n) is 3.02. The molecule has 2 rings (SSSR count). The van der Waals surface area contributed by atoms with Gasteiger partial charge in [0.1, 0.15) is 0 Å². The summed E-state index contributed by atoms with van der Waals surface area (Å²) in [4.78, 5) is 22.9. The highest BCUT2D eigenvalue weighted by Crippen LogP contribution is 2.17. The zero-order valence-corrected chi connectivity index (χ0v) is 12.7. The molecule has 0 heterocycles. The van der Waals surface area contributed by atoms with Crippen LogP contribution in [0.15, 0.2) is 42.5 Å². The molecule has 3 N–H and O–H groups in total. The predicted molar refractivity (Wildman–Crippen MR) is 85.0 cm³/mol. The Kier molecular flexibility index (Phi) is 5.17. The van der Waals surface area contributed by atoms with Gasteiger partial charge in [0.15, 0.2) is 11.6 Å². The number of urea groups is 1. The average molecular weight is 337 g/mol. The van der Waals surface area contributed by atoms with Crippen molar-refractivity contribution < 1.29 is 18.4 Å². The van der Waals surface area contributed by atoms with Crippen molar-refractivity contribution in [3.05, 3.63) is 65.2 Å². The van der Waals surface area contributed by atoms with Gasteiger partial charge in [-0.05, 0) is 42.0 Å². The summed E-state index contributed by atoms with van der Waals surface area (Å²) in [6.07, 6.45) is 0. The van der Waals surface area contributed by atoms with Crippen LogP contribution in [-0.4, -0.2) is 11.9 Å². The molecule has 0 spiro atoms. The molecule has 3 amide bonds. The molecule has 0 saturated carbocycles. The number of nitrogens with two attached hydrogens (primary N) is 1. The van der Waals surface area contributed by atoms with Crippen molar-refractivity contribution in [3.63, 3.8) is 0 Å². The SMILES string of the molecule is NC(=O)c1ccc(N(S)C(=O)NCc2ccc(F)c(F)c2)cc1. The summed E-state index contributed by atoms with van der Waals surface area (Å²) in [5.41, 5.74) is 6.25. The van der Waals surface area contributed by atoms with Gasteiger partial charge in [0.25, 0.3) is 0 Å². The number of thiol groups is 1. The first kappa shape index (κ1) is 16.8. The number of primary amides is 1. The molecule has 0 unspecified atom stereocenters. The van der Waals surface area contributed by atoms with E-state index in [2.05, 4.69) is 18.1 Å². The fraction of sp³-hybridized carbons (Fsp3) is 0.0667. The molecular formula is C15H13F2N3O2S. The number of amides is 3. The standard InChI is InChI=1S/C15H13F2N3O2S/c16-12-6-1-9(7-13(12)17)8-19-15(22)20(23)11-4-2-10(3-5-11)14(18)21/h1-7,23H,8H2,(H2,18,21)(H,19,22). The summed E-state index contributed by atoms with van der Waals surface area (Å²) in [7, 11) is 0. The Morgan fingerprint density at radius 1 is 1.09 bits per heavy atom. The maximum absolute atomic E-state index is 13.1. The average Bonchev–Trinajstić information content (AvgIpc) is 2.55. The van der Waals surface area contributed by atoms with Crippen molar-refractivity contribution in [2.45, 2.75) is 6.54 Å². The Morgan fingerprint density at radius 3 is 2.30 bits per heavy atom. The van der Waals surface area contributed by atoms with Crippen LogP contribution in [0.2, 0.25) is 0 Å². The highest BCUT2D eigenvalue weighted by molar-refractivity contribution is 7.82. The van der Waals surface area contributed by atoms with Crippen molar-refractivity contribution in [2.75, 3.05) is 4.31 Å². The number of hydrogen-bond acceptors (Lipinski definition) is 3. The summed E-state index contributed by atoms with van der Waals surface area (Å²) < 4.78 is 26.9. The van der Waals surface area contributed by atoms with Crippen molar-refractivity contribution in [3.8, 4) is 0 Å². The van der Waals surface area contributed by atoms with Crippen LogP contribution in [0, 0.1) is 11.6 Å².